The standard InChI is InChI=1S/C16H24N2O2S/c1-12-9-14(17)11-15(10-12)21(19,20)18-8-4-7-16(18)13-5-2-3-6-13/h9-11,13,16H,2-8,17H2,1H3. The summed E-state index contributed by atoms with van der Waals surface area (Å²) in [6, 6.07) is 5.32. The second-order valence-corrected chi connectivity index (χ2v) is 8.34. The first-order valence-corrected chi connectivity index (χ1v) is 9.31. The van der Waals surface area contributed by atoms with Gasteiger partial charge in [0, 0.05) is 18.3 Å². The average molecular weight is 308 g/mol. The van der Waals surface area contributed by atoms with Crippen LogP contribution in [0.4, 0.5) is 5.69 Å². The van der Waals surface area contributed by atoms with Gasteiger partial charge in [0.1, 0.15) is 0 Å². The van der Waals surface area contributed by atoms with Gasteiger partial charge < -0.3 is 5.73 Å². The molecular formula is C16H24N2O2S. The van der Waals surface area contributed by atoms with E-state index in [0.29, 0.717) is 23.0 Å². The molecule has 2 fully saturated rings. The molecule has 1 heterocycles. The third-order valence-corrected chi connectivity index (χ3v) is 6.77. The highest BCUT2D eigenvalue weighted by atomic mass is 32.2. The quantitative estimate of drug-likeness (QED) is 0.873. The third-order valence-electron chi connectivity index (χ3n) is 4.87. The summed E-state index contributed by atoms with van der Waals surface area (Å²) in [4.78, 5) is 0.352. The first kappa shape index (κ1) is 14.9. The second kappa shape index (κ2) is 5.61. The zero-order valence-corrected chi connectivity index (χ0v) is 13.4. The van der Waals surface area contributed by atoms with Crippen molar-refractivity contribution in [3.05, 3.63) is 23.8 Å². The van der Waals surface area contributed by atoms with Crippen LogP contribution in [-0.4, -0.2) is 25.3 Å². The van der Waals surface area contributed by atoms with E-state index in [9.17, 15) is 8.42 Å². The predicted octanol–water partition coefficient (Wildman–Crippen LogP) is 2.92. The molecule has 4 nitrogen and oxygen atoms in total. The topological polar surface area (TPSA) is 63.4 Å². The van der Waals surface area contributed by atoms with Crippen molar-refractivity contribution in [2.24, 2.45) is 5.92 Å². The van der Waals surface area contributed by atoms with Crippen molar-refractivity contribution in [3.8, 4) is 0 Å². The van der Waals surface area contributed by atoms with Crippen LogP contribution in [0.15, 0.2) is 23.1 Å². The SMILES string of the molecule is Cc1cc(N)cc(S(=O)(=O)N2CCCC2C2CCCC2)c1. The Kier molecular flexibility index (Phi) is 3.97. The third kappa shape index (κ3) is 2.81. The lowest BCUT2D eigenvalue weighted by Crippen LogP contribution is -2.39. The fourth-order valence-electron chi connectivity index (χ4n) is 3.94. The lowest BCUT2D eigenvalue weighted by Gasteiger charge is -2.28. The Morgan fingerprint density at radius 3 is 2.48 bits per heavy atom. The van der Waals surface area contributed by atoms with E-state index in [-0.39, 0.29) is 6.04 Å². The summed E-state index contributed by atoms with van der Waals surface area (Å²) in [7, 11) is -3.42. The number of aryl methyl sites for hydroxylation is 1. The van der Waals surface area contributed by atoms with Gasteiger partial charge in [-0.15, -0.1) is 0 Å². The lowest BCUT2D eigenvalue weighted by atomic mass is 9.97. The van der Waals surface area contributed by atoms with Crippen molar-refractivity contribution in [1.29, 1.82) is 0 Å². The van der Waals surface area contributed by atoms with Crippen LogP contribution in [0.5, 0.6) is 0 Å². The molecule has 0 radical (unpaired) electrons. The predicted molar refractivity (Wildman–Crippen MR) is 84.5 cm³/mol. The van der Waals surface area contributed by atoms with Gasteiger partial charge in [0.25, 0.3) is 0 Å². The smallest absolute Gasteiger partial charge is 0.243 e. The van der Waals surface area contributed by atoms with Crippen molar-refractivity contribution in [2.45, 2.75) is 56.4 Å². The molecule has 3 rings (SSSR count). The van der Waals surface area contributed by atoms with Crippen molar-refractivity contribution in [1.82, 2.24) is 4.31 Å². The van der Waals surface area contributed by atoms with Crippen LogP contribution in [0.2, 0.25) is 0 Å². The highest BCUT2D eigenvalue weighted by Gasteiger charge is 2.40. The average Bonchev–Trinajstić information content (AvgIpc) is 3.08. The van der Waals surface area contributed by atoms with Gasteiger partial charge in [0.15, 0.2) is 0 Å². The molecule has 1 atom stereocenters. The fraction of sp³-hybridized carbons (Fsp3) is 0.625. The summed E-state index contributed by atoms with van der Waals surface area (Å²) in [6.45, 7) is 2.53. The van der Waals surface area contributed by atoms with E-state index in [1.165, 1.54) is 25.7 Å². The number of nitrogens with zero attached hydrogens (tertiary/aromatic N) is 1. The summed E-state index contributed by atoms with van der Waals surface area (Å²) >= 11 is 0. The van der Waals surface area contributed by atoms with E-state index in [1.54, 1.807) is 22.5 Å². The minimum Gasteiger partial charge on any atom is -0.399 e. The zero-order valence-electron chi connectivity index (χ0n) is 12.6. The van der Waals surface area contributed by atoms with E-state index >= 15 is 0 Å². The molecule has 5 heteroatoms. The molecule has 21 heavy (non-hydrogen) atoms. The molecule has 0 aromatic heterocycles. The highest BCUT2D eigenvalue weighted by Crippen LogP contribution is 2.38. The van der Waals surface area contributed by atoms with Crippen molar-refractivity contribution < 1.29 is 8.42 Å². The van der Waals surface area contributed by atoms with E-state index in [0.717, 1.165) is 18.4 Å². The number of nitrogens with two attached hydrogens (primary N) is 1. The zero-order chi connectivity index (χ0) is 15.0. The number of sulfonamides is 1. The molecule has 1 aromatic carbocycles. The van der Waals surface area contributed by atoms with Crippen LogP contribution in [0.25, 0.3) is 0 Å². The normalized spacial score (nSPS) is 24.7. The molecule has 1 aliphatic carbocycles. The Labute approximate surface area is 127 Å². The van der Waals surface area contributed by atoms with Crippen molar-refractivity contribution >= 4 is 15.7 Å². The molecular weight excluding hydrogens is 284 g/mol. The van der Waals surface area contributed by atoms with E-state index in [1.807, 2.05) is 6.92 Å². The van der Waals surface area contributed by atoms with Gasteiger partial charge in [0.05, 0.1) is 4.90 Å². The van der Waals surface area contributed by atoms with Crippen LogP contribution >= 0.6 is 0 Å². The Morgan fingerprint density at radius 1 is 1.10 bits per heavy atom. The molecule has 2 aliphatic rings. The first-order valence-electron chi connectivity index (χ1n) is 7.87. The summed E-state index contributed by atoms with van der Waals surface area (Å²) < 4.78 is 27.7. The van der Waals surface area contributed by atoms with Crippen LogP contribution < -0.4 is 5.73 Å². The van der Waals surface area contributed by atoms with Gasteiger partial charge in [-0.1, -0.05) is 12.8 Å². The van der Waals surface area contributed by atoms with E-state index in [2.05, 4.69) is 0 Å². The maximum Gasteiger partial charge on any atom is 0.243 e. The lowest BCUT2D eigenvalue weighted by molar-refractivity contribution is 0.288. The van der Waals surface area contributed by atoms with Crippen LogP contribution in [-0.2, 0) is 10.0 Å². The largest absolute Gasteiger partial charge is 0.399 e. The van der Waals surface area contributed by atoms with Crippen LogP contribution in [0.1, 0.15) is 44.1 Å². The molecule has 1 saturated heterocycles. The molecule has 0 bridgehead atoms. The number of benzene rings is 1. The number of nitrogen functional groups attached to an aromatic ring is 1. The van der Waals surface area contributed by atoms with Crippen LogP contribution in [0, 0.1) is 12.8 Å². The highest BCUT2D eigenvalue weighted by molar-refractivity contribution is 7.89. The van der Waals surface area contributed by atoms with Gasteiger partial charge in [-0.3, -0.25) is 0 Å². The van der Waals surface area contributed by atoms with Crippen LogP contribution in [0.3, 0.4) is 0 Å². The molecule has 1 unspecified atom stereocenters. The molecule has 0 spiro atoms. The van der Waals surface area contributed by atoms with Gasteiger partial charge in [-0.2, -0.15) is 4.31 Å². The summed E-state index contributed by atoms with van der Waals surface area (Å²) in [5.74, 6) is 0.546. The fourth-order valence-corrected chi connectivity index (χ4v) is 5.83. The molecule has 0 amide bonds. The monoisotopic (exact) mass is 308 g/mol. The van der Waals surface area contributed by atoms with Gasteiger partial charge >= 0.3 is 0 Å². The second-order valence-electron chi connectivity index (χ2n) is 6.45. The minimum atomic E-state index is -3.42. The molecule has 1 aliphatic heterocycles. The number of rotatable bonds is 3. The maximum absolute atomic E-state index is 13.0. The first-order chi connectivity index (χ1) is 9.98. The minimum absolute atomic E-state index is 0.194. The summed E-state index contributed by atoms with van der Waals surface area (Å²) in [6.07, 6.45) is 6.81. The number of hydrogen-bond donors (Lipinski definition) is 1. The molecule has 2 N–H and O–H groups in total. The van der Waals surface area contributed by atoms with Crippen molar-refractivity contribution in [2.75, 3.05) is 12.3 Å². The summed E-state index contributed by atoms with van der Waals surface area (Å²) in [5, 5.41) is 0. The Bertz CT molecular complexity index is 601. The van der Waals surface area contributed by atoms with Crippen molar-refractivity contribution in [3.63, 3.8) is 0 Å². The molecule has 116 valence electrons. The number of anilines is 1. The van der Waals surface area contributed by atoms with Gasteiger partial charge in [0.2, 0.25) is 10.0 Å². The maximum atomic E-state index is 13.0. The summed E-state index contributed by atoms with van der Waals surface area (Å²) in [5.41, 5.74) is 7.24. The molecule has 1 saturated carbocycles. The van der Waals surface area contributed by atoms with E-state index < -0.39 is 10.0 Å². The Hall–Kier alpha value is -1.07. The van der Waals surface area contributed by atoms with Gasteiger partial charge in [-0.25, -0.2) is 8.42 Å². The van der Waals surface area contributed by atoms with E-state index in [4.69, 9.17) is 5.73 Å². The number of hydrogen-bond acceptors (Lipinski definition) is 3. The Balaban J connectivity index is 1.92. The Morgan fingerprint density at radius 2 is 1.81 bits per heavy atom. The molecule has 1 aromatic rings. The van der Waals surface area contributed by atoms with Gasteiger partial charge in [-0.05, 0) is 62.3 Å².